The summed E-state index contributed by atoms with van der Waals surface area (Å²) in [6.45, 7) is 3.09. The average Bonchev–Trinajstić information content (AvgIpc) is 2.82. The zero-order valence-electron chi connectivity index (χ0n) is 20.1. The van der Waals surface area contributed by atoms with Gasteiger partial charge in [0, 0.05) is 53.5 Å². The molecule has 1 aromatic rings. The SMILES string of the molecule is CN(C)CCSSCCNC(=O)C1CCN(C(=O)CSc2ccc(Cl)cc2)CC1.O=C(O)C(F)(F)F. The molecule has 36 heavy (non-hydrogen) atoms. The minimum absolute atomic E-state index is 0.0226. The molecule has 0 spiro atoms. The lowest BCUT2D eigenvalue weighted by atomic mass is 9.96. The summed E-state index contributed by atoms with van der Waals surface area (Å²) >= 11 is 7.41. The summed E-state index contributed by atoms with van der Waals surface area (Å²) in [5, 5.41) is 10.9. The zero-order valence-corrected chi connectivity index (χ0v) is 23.3. The highest BCUT2D eigenvalue weighted by Crippen LogP contribution is 2.23. The molecule has 1 aliphatic heterocycles. The summed E-state index contributed by atoms with van der Waals surface area (Å²) in [6.07, 6.45) is -3.60. The van der Waals surface area contributed by atoms with Crippen molar-refractivity contribution >= 4 is 62.7 Å². The highest BCUT2D eigenvalue weighted by atomic mass is 35.5. The van der Waals surface area contributed by atoms with Crippen LogP contribution in [0.4, 0.5) is 13.2 Å². The predicted octanol–water partition coefficient (Wildman–Crippen LogP) is 4.36. The van der Waals surface area contributed by atoms with Gasteiger partial charge in [-0.3, -0.25) is 9.59 Å². The molecule has 1 saturated heterocycles. The number of carboxylic acid groups (broad SMARTS) is 1. The Hall–Kier alpha value is -1.28. The summed E-state index contributed by atoms with van der Waals surface area (Å²) in [5.74, 6) is -0.0399. The Kier molecular flexibility index (Phi) is 15.7. The first-order valence-corrected chi connectivity index (χ1v) is 14.9. The van der Waals surface area contributed by atoms with E-state index < -0.39 is 12.1 Å². The van der Waals surface area contributed by atoms with Gasteiger partial charge in [-0.05, 0) is 51.2 Å². The molecule has 7 nitrogen and oxygen atoms in total. The molecule has 0 aliphatic carbocycles. The second-order valence-electron chi connectivity index (χ2n) is 7.94. The molecule has 204 valence electrons. The minimum Gasteiger partial charge on any atom is -0.475 e. The van der Waals surface area contributed by atoms with Crippen LogP contribution in [0.2, 0.25) is 5.02 Å². The van der Waals surface area contributed by atoms with Gasteiger partial charge in [-0.1, -0.05) is 33.2 Å². The fourth-order valence-corrected chi connectivity index (χ4v) is 5.82. The molecule has 1 fully saturated rings. The highest BCUT2D eigenvalue weighted by molar-refractivity contribution is 8.76. The molecule has 2 rings (SSSR count). The lowest BCUT2D eigenvalue weighted by molar-refractivity contribution is -0.192. The van der Waals surface area contributed by atoms with E-state index in [-0.39, 0.29) is 17.7 Å². The number of hydrogen-bond donors (Lipinski definition) is 2. The first-order valence-electron chi connectivity index (χ1n) is 11.0. The van der Waals surface area contributed by atoms with Gasteiger partial charge in [-0.25, -0.2) is 4.79 Å². The van der Waals surface area contributed by atoms with Gasteiger partial charge in [0.05, 0.1) is 5.75 Å². The van der Waals surface area contributed by atoms with E-state index in [9.17, 15) is 22.8 Å². The van der Waals surface area contributed by atoms with Crippen molar-refractivity contribution in [2.24, 2.45) is 5.92 Å². The molecule has 0 saturated carbocycles. The number of carbonyl (C=O) groups is 3. The molecule has 2 amide bonds. The van der Waals surface area contributed by atoms with Gasteiger partial charge < -0.3 is 20.2 Å². The molecule has 1 heterocycles. The molecule has 0 atom stereocenters. The van der Waals surface area contributed by atoms with E-state index in [1.165, 1.54) is 11.8 Å². The first kappa shape index (κ1) is 32.7. The maximum absolute atomic E-state index is 12.4. The number of benzene rings is 1. The number of amides is 2. The largest absolute Gasteiger partial charge is 0.490 e. The Labute approximate surface area is 226 Å². The molecule has 0 unspecified atom stereocenters. The predicted molar refractivity (Wildman–Crippen MR) is 142 cm³/mol. The Morgan fingerprint density at radius 1 is 1.11 bits per heavy atom. The third kappa shape index (κ3) is 14.5. The van der Waals surface area contributed by atoms with Crippen molar-refractivity contribution in [3.63, 3.8) is 0 Å². The number of halogens is 4. The average molecular weight is 590 g/mol. The molecule has 2 N–H and O–H groups in total. The van der Waals surface area contributed by atoms with Gasteiger partial charge in [0.15, 0.2) is 0 Å². The van der Waals surface area contributed by atoms with E-state index in [2.05, 4.69) is 24.3 Å². The van der Waals surface area contributed by atoms with E-state index in [1.807, 2.05) is 40.0 Å². The number of alkyl halides is 3. The number of thioether (sulfide) groups is 1. The number of aliphatic carboxylic acids is 1. The van der Waals surface area contributed by atoms with Gasteiger partial charge in [0.1, 0.15) is 0 Å². The number of carboxylic acids is 1. The first-order chi connectivity index (χ1) is 16.9. The molecular formula is C22H31ClF3N3O4S3. The monoisotopic (exact) mass is 589 g/mol. The number of carbonyl (C=O) groups excluding carboxylic acids is 2. The third-order valence-electron chi connectivity index (χ3n) is 4.83. The molecule has 14 heteroatoms. The molecule has 0 radical (unpaired) electrons. The fraction of sp³-hybridized carbons (Fsp3) is 0.591. The lowest BCUT2D eigenvalue weighted by Crippen LogP contribution is -2.44. The third-order valence-corrected chi connectivity index (χ3v) is 8.46. The van der Waals surface area contributed by atoms with Crippen LogP contribution in [0.3, 0.4) is 0 Å². The van der Waals surface area contributed by atoms with Crippen molar-refractivity contribution in [2.45, 2.75) is 23.9 Å². The van der Waals surface area contributed by atoms with Crippen LogP contribution in [0.1, 0.15) is 12.8 Å². The van der Waals surface area contributed by atoms with Crippen molar-refractivity contribution < 1.29 is 32.7 Å². The normalized spacial score (nSPS) is 14.2. The van der Waals surface area contributed by atoms with Gasteiger partial charge in [-0.2, -0.15) is 13.2 Å². The Morgan fingerprint density at radius 2 is 1.67 bits per heavy atom. The standard InChI is InChI=1S/C20H30ClN3O2S3.C2HF3O2/c1-23(2)12-14-29-28-13-9-22-20(26)16-7-10-24(11-8-16)19(25)15-27-18-5-3-17(21)4-6-18;3-2(4,5)1(6)7/h3-6,16H,7-15H2,1-2H3,(H,22,26);(H,6,7). The number of likely N-dealkylation sites (tertiary alicyclic amines) is 1. The van der Waals surface area contributed by atoms with Gasteiger partial charge >= 0.3 is 12.1 Å². The summed E-state index contributed by atoms with van der Waals surface area (Å²) in [7, 11) is 7.80. The van der Waals surface area contributed by atoms with Crippen LogP contribution >= 0.6 is 45.0 Å². The van der Waals surface area contributed by atoms with Gasteiger partial charge in [0.2, 0.25) is 11.8 Å². The summed E-state index contributed by atoms with van der Waals surface area (Å²) in [4.78, 5) is 38.7. The van der Waals surface area contributed by atoms with E-state index in [0.29, 0.717) is 30.4 Å². The number of piperidine rings is 1. The molecule has 0 aromatic heterocycles. The van der Waals surface area contributed by atoms with Crippen molar-refractivity contribution in [3.8, 4) is 0 Å². The van der Waals surface area contributed by atoms with Crippen LogP contribution < -0.4 is 5.32 Å². The molecule has 1 aliphatic rings. The molecule has 1 aromatic carbocycles. The maximum Gasteiger partial charge on any atom is 0.490 e. The zero-order chi connectivity index (χ0) is 27.1. The summed E-state index contributed by atoms with van der Waals surface area (Å²) < 4.78 is 31.7. The van der Waals surface area contributed by atoms with Crippen molar-refractivity contribution in [2.75, 3.05) is 57.5 Å². The van der Waals surface area contributed by atoms with E-state index in [4.69, 9.17) is 21.5 Å². The highest BCUT2D eigenvalue weighted by Gasteiger charge is 2.38. The van der Waals surface area contributed by atoms with E-state index in [1.54, 1.807) is 10.8 Å². The van der Waals surface area contributed by atoms with Crippen LogP contribution in [0.25, 0.3) is 0 Å². The summed E-state index contributed by atoms with van der Waals surface area (Å²) in [6, 6.07) is 7.52. The number of hydrogen-bond acceptors (Lipinski definition) is 7. The Balaban J connectivity index is 0.000000809. The smallest absolute Gasteiger partial charge is 0.475 e. The van der Waals surface area contributed by atoms with Crippen molar-refractivity contribution in [1.82, 2.24) is 15.1 Å². The van der Waals surface area contributed by atoms with E-state index in [0.717, 1.165) is 35.8 Å². The molecule has 0 bridgehead atoms. The van der Waals surface area contributed by atoms with Gasteiger partial charge in [0.25, 0.3) is 0 Å². The Bertz CT molecular complexity index is 825. The van der Waals surface area contributed by atoms with Gasteiger partial charge in [-0.15, -0.1) is 11.8 Å². The van der Waals surface area contributed by atoms with Crippen LogP contribution in [0.15, 0.2) is 29.2 Å². The second kappa shape index (κ2) is 17.3. The van der Waals surface area contributed by atoms with Crippen LogP contribution in [0, 0.1) is 5.92 Å². The van der Waals surface area contributed by atoms with E-state index >= 15 is 0 Å². The maximum atomic E-state index is 12.4. The summed E-state index contributed by atoms with van der Waals surface area (Å²) in [5.41, 5.74) is 0. The second-order valence-corrected chi connectivity index (χ2v) is 12.1. The number of rotatable bonds is 11. The topological polar surface area (TPSA) is 90.0 Å². The van der Waals surface area contributed by atoms with Crippen LogP contribution in [-0.2, 0) is 14.4 Å². The lowest BCUT2D eigenvalue weighted by Gasteiger charge is -2.31. The van der Waals surface area contributed by atoms with Crippen LogP contribution in [-0.4, -0.2) is 96.4 Å². The number of nitrogens with zero attached hydrogens (tertiary/aromatic N) is 2. The van der Waals surface area contributed by atoms with Crippen molar-refractivity contribution in [3.05, 3.63) is 29.3 Å². The van der Waals surface area contributed by atoms with Crippen molar-refractivity contribution in [1.29, 1.82) is 0 Å². The fourth-order valence-electron chi connectivity index (χ4n) is 2.86. The number of nitrogens with one attached hydrogen (secondary N) is 1. The Morgan fingerprint density at radius 3 is 2.19 bits per heavy atom. The quantitative estimate of drug-likeness (QED) is 0.224. The molecular weight excluding hydrogens is 559 g/mol. The van der Waals surface area contributed by atoms with Crippen LogP contribution in [0.5, 0.6) is 0 Å². The minimum atomic E-state index is -5.08.